The lowest BCUT2D eigenvalue weighted by Gasteiger charge is -2.39. The second kappa shape index (κ2) is 5.19. The number of rotatable bonds is 3. The lowest BCUT2D eigenvalue weighted by atomic mass is 9.89. The summed E-state index contributed by atoms with van der Waals surface area (Å²) in [7, 11) is 1.67. The van der Waals surface area contributed by atoms with Crippen LogP contribution in [0.1, 0.15) is 24.1 Å². The SMILES string of the molecule is COC[C@H]1Cc2c(Br)cccc2C(C)N1C=O. The third kappa shape index (κ3) is 2.24. The van der Waals surface area contributed by atoms with Crippen LogP contribution in [0.2, 0.25) is 0 Å². The number of halogens is 1. The number of ether oxygens (including phenoxy) is 1. The zero-order valence-electron chi connectivity index (χ0n) is 10.0. The smallest absolute Gasteiger partial charge is 0.210 e. The first-order valence-corrected chi connectivity index (χ1v) is 6.47. The fourth-order valence-corrected chi connectivity index (χ4v) is 3.06. The Kier molecular flexibility index (Phi) is 3.84. The van der Waals surface area contributed by atoms with Crippen LogP contribution in [0.5, 0.6) is 0 Å². The van der Waals surface area contributed by atoms with Crippen molar-refractivity contribution in [3.63, 3.8) is 0 Å². The van der Waals surface area contributed by atoms with Gasteiger partial charge in [-0.05, 0) is 30.5 Å². The molecule has 1 aliphatic heterocycles. The zero-order valence-corrected chi connectivity index (χ0v) is 11.6. The van der Waals surface area contributed by atoms with Crippen LogP contribution in [-0.2, 0) is 16.0 Å². The normalized spacial score (nSPS) is 23.4. The zero-order chi connectivity index (χ0) is 12.4. The molecule has 1 aromatic carbocycles. The predicted octanol–water partition coefficient (Wildman–Crippen LogP) is 2.54. The largest absolute Gasteiger partial charge is 0.383 e. The van der Waals surface area contributed by atoms with Crippen molar-refractivity contribution in [3.05, 3.63) is 33.8 Å². The molecule has 17 heavy (non-hydrogen) atoms. The van der Waals surface area contributed by atoms with Gasteiger partial charge in [0, 0.05) is 11.6 Å². The van der Waals surface area contributed by atoms with Gasteiger partial charge in [0.1, 0.15) is 0 Å². The number of amides is 1. The molecule has 1 unspecified atom stereocenters. The van der Waals surface area contributed by atoms with E-state index in [0.29, 0.717) is 6.61 Å². The molecule has 0 saturated carbocycles. The second-order valence-corrected chi connectivity index (χ2v) is 5.20. The Hall–Kier alpha value is -0.870. The Morgan fingerprint density at radius 3 is 3.00 bits per heavy atom. The highest BCUT2D eigenvalue weighted by molar-refractivity contribution is 9.10. The van der Waals surface area contributed by atoms with Gasteiger partial charge in [-0.2, -0.15) is 0 Å². The Bertz CT molecular complexity index is 422. The van der Waals surface area contributed by atoms with Crippen molar-refractivity contribution in [1.29, 1.82) is 0 Å². The van der Waals surface area contributed by atoms with Gasteiger partial charge in [0.25, 0.3) is 0 Å². The molecule has 0 saturated heterocycles. The van der Waals surface area contributed by atoms with Crippen LogP contribution in [0.4, 0.5) is 0 Å². The van der Waals surface area contributed by atoms with Crippen LogP contribution in [0.3, 0.4) is 0 Å². The number of benzene rings is 1. The lowest BCUT2D eigenvalue weighted by molar-refractivity contribution is -0.124. The molecule has 1 aromatic rings. The summed E-state index contributed by atoms with van der Waals surface area (Å²) in [4.78, 5) is 13.1. The molecule has 0 aliphatic carbocycles. The van der Waals surface area contributed by atoms with E-state index in [0.717, 1.165) is 17.3 Å². The molecule has 0 radical (unpaired) electrons. The molecule has 0 aromatic heterocycles. The third-order valence-corrected chi connectivity index (χ3v) is 4.14. The highest BCUT2D eigenvalue weighted by atomic mass is 79.9. The van der Waals surface area contributed by atoms with Crippen LogP contribution in [0.15, 0.2) is 22.7 Å². The first-order chi connectivity index (χ1) is 8.19. The van der Waals surface area contributed by atoms with Gasteiger partial charge in [-0.15, -0.1) is 0 Å². The van der Waals surface area contributed by atoms with E-state index >= 15 is 0 Å². The van der Waals surface area contributed by atoms with Gasteiger partial charge >= 0.3 is 0 Å². The monoisotopic (exact) mass is 297 g/mol. The number of hydrogen-bond acceptors (Lipinski definition) is 2. The molecule has 1 aliphatic rings. The molecular weight excluding hydrogens is 282 g/mol. The summed E-state index contributed by atoms with van der Waals surface area (Å²) in [6.07, 6.45) is 1.77. The number of hydrogen-bond donors (Lipinski definition) is 0. The van der Waals surface area contributed by atoms with E-state index in [1.165, 1.54) is 11.1 Å². The molecular formula is C13H16BrNO2. The highest BCUT2D eigenvalue weighted by Crippen LogP contribution is 2.35. The summed E-state index contributed by atoms with van der Waals surface area (Å²) in [5.41, 5.74) is 2.51. The molecule has 1 heterocycles. The topological polar surface area (TPSA) is 29.5 Å². The summed E-state index contributed by atoms with van der Waals surface area (Å²) in [5, 5.41) is 0. The van der Waals surface area contributed by atoms with Crippen molar-refractivity contribution < 1.29 is 9.53 Å². The quantitative estimate of drug-likeness (QED) is 0.803. The summed E-state index contributed by atoms with van der Waals surface area (Å²) in [6.45, 7) is 2.63. The van der Waals surface area contributed by atoms with Crippen LogP contribution in [-0.4, -0.2) is 31.1 Å². The molecule has 3 nitrogen and oxygen atoms in total. The van der Waals surface area contributed by atoms with Gasteiger partial charge in [0.15, 0.2) is 0 Å². The van der Waals surface area contributed by atoms with E-state index < -0.39 is 0 Å². The minimum Gasteiger partial charge on any atom is -0.383 e. The van der Waals surface area contributed by atoms with Crippen molar-refractivity contribution in [2.45, 2.75) is 25.4 Å². The molecule has 92 valence electrons. The van der Waals surface area contributed by atoms with Crippen molar-refractivity contribution >= 4 is 22.3 Å². The first kappa shape index (κ1) is 12.6. The third-order valence-electron chi connectivity index (χ3n) is 3.39. The van der Waals surface area contributed by atoms with Gasteiger partial charge in [0.2, 0.25) is 6.41 Å². The van der Waals surface area contributed by atoms with Crippen molar-refractivity contribution in [2.75, 3.05) is 13.7 Å². The van der Waals surface area contributed by atoms with Crippen LogP contribution >= 0.6 is 15.9 Å². The molecule has 0 bridgehead atoms. The molecule has 1 amide bonds. The van der Waals surface area contributed by atoms with Gasteiger partial charge < -0.3 is 9.64 Å². The van der Waals surface area contributed by atoms with Crippen molar-refractivity contribution in [1.82, 2.24) is 4.90 Å². The van der Waals surface area contributed by atoms with E-state index in [-0.39, 0.29) is 12.1 Å². The lowest BCUT2D eigenvalue weighted by Crippen LogP contribution is -2.44. The van der Waals surface area contributed by atoms with Crippen molar-refractivity contribution in [2.24, 2.45) is 0 Å². The number of carbonyl (C=O) groups is 1. The van der Waals surface area contributed by atoms with E-state index in [1.54, 1.807) is 7.11 Å². The summed E-state index contributed by atoms with van der Waals surface area (Å²) in [6, 6.07) is 6.38. The summed E-state index contributed by atoms with van der Waals surface area (Å²) < 4.78 is 6.32. The van der Waals surface area contributed by atoms with Crippen LogP contribution < -0.4 is 0 Å². The maximum absolute atomic E-state index is 11.2. The molecule has 2 atom stereocenters. The van der Waals surface area contributed by atoms with Gasteiger partial charge in [-0.1, -0.05) is 28.1 Å². The van der Waals surface area contributed by atoms with Gasteiger partial charge in [-0.25, -0.2) is 0 Å². The van der Waals surface area contributed by atoms with Crippen molar-refractivity contribution in [3.8, 4) is 0 Å². The average Bonchev–Trinajstić information content (AvgIpc) is 2.32. The minimum atomic E-state index is 0.105. The minimum absolute atomic E-state index is 0.105. The van der Waals surface area contributed by atoms with Gasteiger partial charge in [0.05, 0.1) is 18.7 Å². The van der Waals surface area contributed by atoms with E-state index in [2.05, 4.69) is 28.9 Å². The Labute approximate surface area is 110 Å². The summed E-state index contributed by atoms with van der Waals surface area (Å²) in [5.74, 6) is 0. The fourth-order valence-electron chi connectivity index (χ4n) is 2.51. The van der Waals surface area contributed by atoms with E-state index in [1.807, 2.05) is 17.0 Å². The van der Waals surface area contributed by atoms with Gasteiger partial charge in [-0.3, -0.25) is 4.79 Å². The first-order valence-electron chi connectivity index (χ1n) is 5.68. The summed E-state index contributed by atoms with van der Waals surface area (Å²) >= 11 is 3.58. The number of fused-ring (bicyclic) bond motifs is 1. The fraction of sp³-hybridized carbons (Fsp3) is 0.462. The molecule has 2 rings (SSSR count). The van der Waals surface area contributed by atoms with Crippen LogP contribution in [0.25, 0.3) is 0 Å². The van der Waals surface area contributed by atoms with E-state index in [4.69, 9.17) is 4.74 Å². The standard InChI is InChI=1S/C13H16BrNO2/c1-9-11-4-3-5-13(14)12(11)6-10(7-17-2)15(9)8-16/h3-5,8-10H,6-7H2,1-2H3/t9?,10-/m1/s1. The van der Waals surface area contributed by atoms with E-state index in [9.17, 15) is 4.79 Å². The molecule has 0 fully saturated rings. The maximum Gasteiger partial charge on any atom is 0.210 e. The molecule has 4 heteroatoms. The molecule has 0 N–H and O–H groups in total. The maximum atomic E-state index is 11.2. The molecule has 0 spiro atoms. The second-order valence-electron chi connectivity index (χ2n) is 4.35. The Morgan fingerprint density at radius 2 is 2.35 bits per heavy atom. The number of nitrogens with zero attached hydrogens (tertiary/aromatic N) is 1. The Balaban J connectivity index is 2.41. The number of carbonyl (C=O) groups excluding carboxylic acids is 1. The predicted molar refractivity (Wildman–Crippen MR) is 69.8 cm³/mol. The average molecular weight is 298 g/mol. The van der Waals surface area contributed by atoms with Crippen LogP contribution in [0, 0.1) is 0 Å². The Morgan fingerprint density at radius 1 is 1.59 bits per heavy atom. The number of methoxy groups -OCH3 is 1. The highest BCUT2D eigenvalue weighted by Gasteiger charge is 2.31.